The lowest BCUT2D eigenvalue weighted by atomic mass is 10.1. The number of fused-ring (bicyclic) bond motifs is 1. The molecule has 0 radical (unpaired) electrons. The number of alkyl halides is 3. The number of halogens is 5. The van der Waals surface area contributed by atoms with Crippen molar-refractivity contribution >= 4 is 28.4 Å². The van der Waals surface area contributed by atoms with Crippen LogP contribution in [-0.2, 0) is 11.3 Å². The third-order valence-electron chi connectivity index (χ3n) is 6.81. The molecule has 5 rings (SSSR count). The van der Waals surface area contributed by atoms with Gasteiger partial charge in [-0.2, -0.15) is 13.2 Å². The molecule has 13 heteroatoms. The Morgan fingerprint density at radius 1 is 1.02 bits per heavy atom. The van der Waals surface area contributed by atoms with E-state index in [4.69, 9.17) is 9.72 Å². The maximum Gasteiger partial charge on any atom is 0.405 e. The lowest BCUT2D eigenvalue weighted by Gasteiger charge is -2.35. The third-order valence-corrected chi connectivity index (χ3v) is 6.81. The zero-order chi connectivity index (χ0) is 31.7. The van der Waals surface area contributed by atoms with Gasteiger partial charge in [-0.1, -0.05) is 27.7 Å². The third kappa shape index (κ3) is 8.50. The van der Waals surface area contributed by atoms with Crippen molar-refractivity contribution in [1.82, 2.24) is 20.2 Å². The summed E-state index contributed by atoms with van der Waals surface area (Å²) in [6.45, 7) is 9.98. The second kappa shape index (κ2) is 15.2. The van der Waals surface area contributed by atoms with Crippen molar-refractivity contribution in [3.8, 4) is 0 Å². The SMILES string of the molecule is CC.CC.CN(Cc1cc(F)cc(F)c1)c1cc(C(=O)N2CCNC(C(F)(F)F)C2)cc2ncc(N3CCOCC3)nc12. The van der Waals surface area contributed by atoms with Gasteiger partial charge >= 0.3 is 6.18 Å². The minimum atomic E-state index is -4.49. The second-order valence-electron chi connectivity index (χ2n) is 9.62. The Morgan fingerprint density at radius 2 is 1.67 bits per heavy atom. The first-order valence-electron chi connectivity index (χ1n) is 14.5. The molecule has 2 fully saturated rings. The molecule has 2 saturated heterocycles. The molecule has 2 aromatic carbocycles. The van der Waals surface area contributed by atoms with Gasteiger partial charge in [0.15, 0.2) is 0 Å². The van der Waals surface area contributed by atoms with Crippen LogP contribution in [0.3, 0.4) is 0 Å². The molecule has 0 aliphatic carbocycles. The number of hydrogen-bond donors (Lipinski definition) is 1. The number of carbonyl (C=O) groups excluding carboxylic acids is 1. The van der Waals surface area contributed by atoms with Crippen molar-refractivity contribution < 1.29 is 31.5 Å². The summed E-state index contributed by atoms with van der Waals surface area (Å²) in [5.74, 6) is -1.41. The Bertz CT molecular complexity index is 1350. The predicted molar refractivity (Wildman–Crippen MR) is 157 cm³/mol. The summed E-state index contributed by atoms with van der Waals surface area (Å²) >= 11 is 0. The van der Waals surface area contributed by atoms with Gasteiger partial charge < -0.3 is 24.8 Å². The van der Waals surface area contributed by atoms with E-state index in [1.807, 2.05) is 32.6 Å². The molecule has 1 amide bonds. The average molecular weight is 611 g/mol. The van der Waals surface area contributed by atoms with Crippen molar-refractivity contribution in [2.24, 2.45) is 0 Å². The van der Waals surface area contributed by atoms with Crippen LogP contribution in [0, 0.1) is 11.6 Å². The number of aromatic nitrogens is 2. The molecule has 3 heterocycles. The number of rotatable bonds is 5. The van der Waals surface area contributed by atoms with Crippen LogP contribution in [0.1, 0.15) is 43.6 Å². The van der Waals surface area contributed by atoms with Gasteiger partial charge in [0.2, 0.25) is 0 Å². The minimum Gasteiger partial charge on any atom is -0.378 e. The van der Waals surface area contributed by atoms with E-state index in [2.05, 4.69) is 10.3 Å². The van der Waals surface area contributed by atoms with Crippen LogP contribution in [0.4, 0.5) is 33.5 Å². The highest BCUT2D eigenvalue weighted by Gasteiger charge is 2.43. The standard InChI is InChI=1S/C26H27F5N6O2.2C2H6/c1-35(14-16-8-18(27)12-19(28)9-16)21-11-17(25(38)37-3-2-32-22(15-37)26(29,30)31)10-20-24(21)34-23(13-33-20)36-4-6-39-7-5-36;2*1-2/h8-13,22,32H,2-7,14-15H2,1H3;2*1-2H3. The van der Waals surface area contributed by atoms with Crippen LogP contribution in [0.2, 0.25) is 0 Å². The Balaban J connectivity index is 0.00000121. The summed E-state index contributed by atoms with van der Waals surface area (Å²) in [6, 6.07) is 4.43. The summed E-state index contributed by atoms with van der Waals surface area (Å²) in [4.78, 5) is 27.6. The van der Waals surface area contributed by atoms with E-state index >= 15 is 0 Å². The summed E-state index contributed by atoms with van der Waals surface area (Å²) in [5.41, 5.74) is 1.76. The number of carbonyl (C=O) groups is 1. The monoisotopic (exact) mass is 610 g/mol. The number of piperazine rings is 1. The summed E-state index contributed by atoms with van der Waals surface area (Å²) in [7, 11) is 1.68. The number of amides is 1. The van der Waals surface area contributed by atoms with E-state index in [1.165, 1.54) is 18.2 Å². The van der Waals surface area contributed by atoms with Crippen molar-refractivity contribution in [1.29, 1.82) is 0 Å². The molecule has 236 valence electrons. The minimum absolute atomic E-state index is 0.00408. The number of ether oxygens (including phenoxy) is 1. The molecule has 3 aromatic rings. The molecule has 1 unspecified atom stereocenters. The summed E-state index contributed by atoms with van der Waals surface area (Å²) in [5, 5.41) is 2.40. The van der Waals surface area contributed by atoms with E-state index in [-0.39, 0.29) is 25.2 Å². The lowest BCUT2D eigenvalue weighted by molar-refractivity contribution is -0.162. The van der Waals surface area contributed by atoms with Gasteiger partial charge in [-0.25, -0.2) is 13.8 Å². The topological polar surface area (TPSA) is 73.8 Å². The number of anilines is 2. The van der Waals surface area contributed by atoms with Gasteiger partial charge in [-0.3, -0.25) is 9.78 Å². The summed E-state index contributed by atoms with van der Waals surface area (Å²) in [6.07, 6.45) is -2.91. The Hall–Kier alpha value is -3.58. The average Bonchev–Trinajstić information content (AvgIpc) is 3.01. The van der Waals surface area contributed by atoms with E-state index < -0.39 is 36.3 Å². The van der Waals surface area contributed by atoms with Gasteiger partial charge in [0.25, 0.3) is 5.91 Å². The Kier molecular flexibility index (Phi) is 12.0. The van der Waals surface area contributed by atoms with E-state index in [9.17, 15) is 26.7 Å². The molecular weight excluding hydrogens is 571 g/mol. The molecule has 0 bridgehead atoms. The lowest BCUT2D eigenvalue weighted by Crippen LogP contribution is -2.58. The van der Waals surface area contributed by atoms with Gasteiger partial charge in [-0.05, 0) is 29.8 Å². The molecular formula is C30H39F5N6O2. The predicted octanol–water partition coefficient (Wildman–Crippen LogP) is 5.41. The molecule has 1 atom stereocenters. The van der Waals surface area contributed by atoms with E-state index in [0.717, 1.165) is 11.0 Å². The molecule has 8 nitrogen and oxygen atoms in total. The molecule has 2 aliphatic heterocycles. The van der Waals surface area contributed by atoms with E-state index in [0.29, 0.717) is 54.4 Å². The maximum absolute atomic E-state index is 13.9. The molecule has 0 saturated carbocycles. The number of nitrogens with zero attached hydrogens (tertiary/aromatic N) is 5. The zero-order valence-corrected chi connectivity index (χ0v) is 25.1. The number of benzene rings is 2. The van der Waals surface area contributed by atoms with Crippen LogP contribution in [-0.4, -0.2) is 86.0 Å². The van der Waals surface area contributed by atoms with Crippen molar-refractivity contribution in [3.05, 3.63) is 59.3 Å². The van der Waals surface area contributed by atoms with Crippen LogP contribution in [0.15, 0.2) is 36.5 Å². The fourth-order valence-corrected chi connectivity index (χ4v) is 4.84. The second-order valence-corrected chi connectivity index (χ2v) is 9.62. The molecule has 1 N–H and O–H groups in total. The maximum atomic E-state index is 13.9. The fraction of sp³-hybridized carbons (Fsp3) is 0.500. The number of morpholine rings is 1. The fourth-order valence-electron chi connectivity index (χ4n) is 4.84. The molecule has 0 spiro atoms. The van der Waals surface area contributed by atoms with Gasteiger partial charge in [0.05, 0.1) is 30.6 Å². The van der Waals surface area contributed by atoms with Crippen LogP contribution in [0.5, 0.6) is 0 Å². The first kappa shape index (κ1) is 33.9. The van der Waals surface area contributed by atoms with Crippen LogP contribution < -0.4 is 15.1 Å². The highest BCUT2D eigenvalue weighted by Crippen LogP contribution is 2.30. The highest BCUT2D eigenvalue weighted by molar-refractivity contribution is 6.01. The summed E-state index contributed by atoms with van der Waals surface area (Å²) < 4.78 is 73.1. The normalized spacial score (nSPS) is 17.0. The van der Waals surface area contributed by atoms with Gasteiger partial charge in [-0.15, -0.1) is 0 Å². The highest BCUT2D eigenvalue weighted by atomic mass is 19.4. The van der Waals surface area contributed by atoms with Crippen LogP contribution >= 0.6 is 0 Å². The van der Waals surface area contributed by atoms with Crippen molar-refractivity contribution in [3.63, 3.8) is 0 Å². The number of hydrogen-bond acceptors (Lipinski definition) is 7. The Labute approximate surface area is 248 Å². The molecule has 2 aliphatic rings. The first-order chi connectivity index (χ1) is 20.6. The largest absolute Gasteiger partial charge is 0.405 e. The molecule has 43 heavy (non-hydrogen) atoms. The molecule has 1 aromatic heterocycles. The van der Waals surface area contributed by atoms with E-state index in [1.54, 1.807) is 24.2 Å². The van der Waals surface area contributed by atoms with Gasteiger partial charge in [0.1, 0.15) is 29.0 Å². The van der Waals surface area contributed by atoms with Crippen LogP contribution in [0.25, 0.3) is 11.0 Å². The quantitative estimate of drug-likeness (QED) is 0.388. The smallest absolute Gasteiger partial charge is 0.378 e. The van der Waals surface area contributed by atoms with Crippen molar-refractivity contribution in [2.45, 2.75) is 46.5 Å². The van der Waals surface area contributed by atoms with Crippen molar-refractivity contribution in [2.75, 3.05) is 62.8 Å². The number of nitrogens with one attached hydrogen (secondary N) is 1. The Morgan fingerprint density at radius 3 is 2.30 bits per heavy atom. The van der Waals surface area contributed by atoms with Gasteiger partial charge in [0, 0.05) is 57.9 Å². The first-order valence-corrected chi connectivity index (χ1v) is 14.5. The zero-order valence-electron chi connectivity index (χ0n) is 25.1.